The number of hydrogen-bond donors (Lipinski definition) is 1. The molecule has 1 N–H and O–H groups in total. The Hall–Kier alpha value is -2.45. The van der Waals surface area contributed by atoms with Crippen LogP contribution in [0.3, 0.4) is 0 Å². The molecule has 0 aromatic heterocycles. The maximum Gasteiger partial charge on any atom is 0.243 e. The maximum absolute atomic E-state index is 13.0. The molecule has 1 heterocycles. The molecule has 0 spiro atoms. The van der Waals surface area contributed by atoms with Crippen molar-refractivity contribution in [1.82, 2.24) is 9.62 Å². The number of piperidine rings is 1. The molecule has 1 aliphatic heterocycles. The highest BCUT2D eigenvalue weighted by molar-refractivity contribution is 7.89. The van der Waals surface area contributed by atoms with Crippen molar-refractivity contribution in [3.63, 3.8) is 0 Å². The van der Waals surface area contributed by atoms with Crippen LogP contribution in [-0.2, 0) is 21.4 Å². The molecule has 6 nitrogen and oxygen atoms in total. The van der Waals surface area contributed by atoms with Gasteiger partial charge in [0, 0.05) is 19.6 Å². The van der Waals surface area contributed by atoms with Crippen LogP contribution in [0.2, 0.25) is 0 Å². The van der Waals surface area contributed by atoms with E-state index in [1.54, 1.807) is 24.3 Å². The highest BCUT2D eigenvalue weighted by Crippen LogP contribution is 2.25. The molecule has 0 aliphatic carbocycles. The van der Waals surface area contributed by atoms with Gasteiger partial charge in [-0.3, -0.25) is 4.79 Å². The quantitative estimate of drug-likeness (QED) is 0.747. The Balaban J connectivity index is 1.62. The number of carbonyl (C=O) groups excluding carboxylic acids is 1. The van der Waals surface area contributed by atoms with Gasteiger partial charge in [-0.25, -0.2) is 12.8 Å². The first-order valence-electron chi connectivity index (χ1n) is 9.65. The minimum Gasteiger partial charge on any atom is -0.494 e. The van der Waals surface area contributed by atoms with Gasteiger partial charge in [-0.15, -0.1) is 0 Å². The van der Waals surface area contributed by atoms with Gasteiger partial charge in [-0.1, -0.05) is 12.1 Å². The van der Waals surface area contributed by atoms with E-state index in [9.17, 15) is 17.6 Å². The third-order valence-electron chi connectivity index (χ3n) is 4.91. The summed E-state index contributed by atoms with van der Waals surface area (Å²) in [5, 5.41) is 2.82. The van der Waals surface area contributed by atoms with Gasteiger partial charge < -0.3 is 10.1 Å². The van der Waals surface area contributed by atoms with E-state index < -0.39 is 15.9 Å². The van der Waals surface area contributed by atoms with Gasteiger partial charge in [0.15, 0.2) is 0 Å². The largest absolute Gasteiger partial charge is 0.494 e. The molecule has 1 aliphatic rings. The van der Waals surface area contributed by atoms with Gasteiger partial charge in [0.25, 0.3) is 0 Å². The van der Waals surface area contributed by atoms with Crippen molar-refractivity contribution in [2.45, 2.75) is 31.2 Å². The van der Waals surface area contributed by atoms with E-state index in [2.05, 4.69) is 5.32 Å². The molecule has 156 valence electrons. The molecule has 0 bridgehead atoms. The number of amides is 1. The first-order chi connectivity index (χ1) is 13.9. The van der Waals surface area contributed by atoms with E-state index in [1.165, 1.54) is 28.6 Å². The number of benzene rings is 2. The molecule has 0 unspecified atom stereocenters. The zero-order chi connectivity index (χ0) is 20.9. The molecule has 0 saturated carbocycles. The lowest BCUT2D eigenvalue weighted by Gasteiger charge is -2.31. The van der Waals surface area contributed by atoms with Crippen LogP contribution in [0.15, 0.2) is 53.4 Å². The summed E-state index contributed by atoms with van der Waals surface area (Å²) in [6.07, 6.45) is 1.25. The van der Waals surface area contributed by atoms with Gasteiger partial charge in [0.1, 0.15) is 11.6 Å². The summed E-state index contributed by atoms with van der Waals surface area (Å²) >= 11 is 0. The van der Waals surface area contributed by atoms with E-state index in [0.717, 1.165) is 5.56 Å². The molecule has 8 heteroatoms. The molecule has 1 saturated heterocycles. The predicted molar refractivity (Wildman–Crippen MR) is 107 cm³/mol. The van der Waals surface area contributed by atoms with Crippen LogP contribution in [0.4, 0.5) is 4.39 Å². The highest BCUT2D eigenvalue weighted by Gasteiger charge is 2.33. The molecule has 1 atom stereocenters. The third kappa shape index (κ3) is 5.33. The number of carbonyl (C=O) groups is 1. The van der Waals surface area contributed by atoms with E-state index in [-0.39, 0.29) is 29.7 Å². The number of nitrogens with zero attached hydrogens (tertiary/aromatic N) is 1. The Kier molecular flexibility index (Phi) is 6.87. The fourth-order valence-corrected chi connectivity index (χ4v) is 4.86. The fraction of sp³-hybridized carbons (Fsp3) is 0.381. The number of rotatable bonds is 7. The number of ether oxygens (including phenoxy) is 1. The smallest absolute Gasteiger partial charge is 0.243 e. The topological polar surface area (TPSA) is 75.7 Å². The van der Waals surface area contributed by atoms with E-state index in [0.29, 0.717) is 31.7 Å². The second kappa shape index (κ2) is 9.37. The fourth-order valence-electron chi connectivity index (χ4n) is 3.33. The second-order valence-corrected chi connectivity index (χ2v) is 8.89. The summed E-state index contributed by atoms with van der Waals surface area (Å²) in [6.45, 7) is 3.18. The minimum atomic E-state index is -3.68. The summed E-state index contributed by atoms with van der Waals surface area (Å²) in [6, 6.07) is 12.2. The standard InChI is InChI=1S/C21H25FN2O4S/c1-2-28-19-9-11-20(12-10-19)29(26,27)24-13-3-4-17(15-24)21(25)23-14-16-5-7-18(22)8-6-16/h5-12,17H,2-4,13-15H2,1H3,(H,23,25)/t17-/m1/s1. The Morgan fingerprint density at radius 2 is 1.86 bits per heavy atom. The average Bonchev–Trinajstić information content (AvgIpc) is 2.74. The molecule has 2 aromatic carbocycles. The number of halogens is 1. The molecule has 29 heavy (non-hydrogen) atoms. The van der Waals surface area contributed by atoms with Gasteiger partial charge in [0.05, 0.1) is 17.4 Å². The first-order valence-corrected chi connectivity index (χ1v) is 11.1. The number of hydrogen-bond acceptors (Lipinski definition) is 4. The van der Waals surface area contributed by atoms with E-state index in [1.807, 2.05) is 6.92 Å². The van der Waals surface area contributed by atoms with Crippen LogP contribution < -0.4 is 10.1 Å². The van der Waals surface area contributed by atoms with Crippen molar-refractivity contribution < 1.29 is 22.3 Å². The molecule has 0 radical (unpaired) electrons. The monoisotopic (exact) mass is 420 g/mol. The number of nitrogens with one attached hydrogen (secondary N) is 1. The molecule has 2 aromatic rings. The Bertz CT molecular complexity index is 930. The molecular weight excluding hydrogens is 395 g/mol. The van der Waals surface area contributed by atoms with E-state index in [4.69, 9.17) is 4.74 Å². The van der Waals surface area contributed by atoms with Gasteiger partial charge in [0.2, 0.25) is 15.9 Å². The normalized spacial score (nSPS) is 17.7. The zero-order valence-electron chi connectivity index (χ0n) is 16.3. The molecule has 1 amide bonds. The zero-order valence-corrected chi connectivity index (χ0v) is 17.1. The summed E-state index contributed by atoms with van der Waals surface area (Å²) in [5.41, 5.74) is 0.787. The van der Waals surface area contributed by atoms with Crippen LogP contribution in [0.1, 0.15) is 25.3 Å². The number of sulfonamides is 1. The van der Waals surface area contributed by atoms with Crippen LogP contribution in [0, 0.1) is 11.7 Å². The maximum atomic E-state index is 13.0. The minimum absolute atomic E-state index is 0.144. The Morgan fingerprint density at radius 1 is 1.17 bits per heavy atom. The van der Waals surface area contributed by atoms with Crippen molar-refractivity contribution in [3.05, 3.63) is 59.9 Å². The summed E-state index contributed by atoms with van der Waals surface area (Å²) in [7, 11) is -3.68. The highest BCUT2D eigenvalue weighted by atomic mass is 32.2. The predicted octanol–water partition coefficient (Wildman–Crippen LogP) is 2.94. The average molecular weight is 421 g/mol. The van der Waals surface area contributed by atoms with Crippen molar-refractivity contribution >= 4 is 15.9 Å². The first kappa shape index (κ1) is 21.3. The van der Waals surface area contributed by atoms with Gasteiger partial charge in [-0.2, -0.15) is 4.31 Å². The van der Waals surface area contributed by atoms with Crippen LogP contribution in [-0.4, -0.2) is 38.3 Å². The van der Waals surface area contributed by atoms with Crippen LogP contribution in [0.25, 0.3) is 0 Å². The van der Waals surface area contributed by atoms with Crippen LogP contribution >= 0.6 is 0 Å². The third-order valence-corrected chi connectivity index (χ3v) is 6.79. The Labute approximate surface area is 170 Å². The SMILES string of the molecule is CCOc1ccc(S(=O)(=O)N2CCC[C@@H](C(=O)NCc3ccc(F)cc3)C2)cc1. The van der Waals surface area contributed by atoms with Gasteiger partial charge in [-0.05, 0) is 61.7 Å². The molecule has 1 fully saturated rings. The lowest BCUT2D eigenvalue weighted by molar-refractivity contribution is -0.126. The molecular formula is C21H25FN2O4S. The van der Waals surface area contributed by atoms with Crippen molar-refractivity contribution in [1.29, 1.82) is 0 Å². The van der Waals surface area contributed by atoms with Crippen molar-refractivity contribution in [2.75, 3.05) is 19.7 Å². The summed E-state index contributed by atoms with van der Waals surface area (Å²) in [5.74, 6) is -0.326. The van der Waals surface area contributed by atoms with Gasteiger partial charge >= 0.3 is 0 Å². The van der Waals surface area contributed by atoms with Crippen molar-refractivity contribution in [3.8, 4) is 5.75 Å². The van der Waals surface area contributed by atoms with Crippen molar-refractivity contribution in [2.24, 2.45) is 5.92 Å². The summed E-state index contributed by atoms with van der Waals surface area (Å²) in [4.78, 5) is 12.7. The second-order valence-electron chi connectivity index (χ2n) is 6.95. The summed E-state index contributed by atoms with van der Waals surface area (Å²) < 4.78 is 45.6. The lowest BCUT2D eigenvalue weighted by Crippen LogP contribution is -2.45. The lowest BCUT2D eigenvalue weighted by atomic mass is 9.99. The van der Waals surface area contributed by atoms with E-state index >= 15 is 0 Å². The van der Waals surface area contributed by atoms with Crippen LogP contribution in [0.5, 0.6) is 5.75 Å². The Morgan fingerprint density at radius 3 is 2.52 bits per heavy atom. The molecule has 3 rings (SSSR count).